The van der Waals surface area contributed by atoms with Crippen LogP contribution in [-0.4, -0.2) is 55.1 Å². The van der Waals surface area contributed by atoms with Crippen LogP contribution in [0.4, 0.5) is 0 Å². The Morgan fingerprint density at radius 3 is 2.07 bits per heavy atom. The maximum Gasteiger partial charge on any atom is 0.158 e. The predicted octanol–water partition coefficient (Wildman–Crippen LogP) is -2.68. The number of carbonyl (C=O) groups excluding carboxylic acids is 1. The lowest BCUT2D eigenvalue weighted by Gasteiger charge is -2.63. The van der Waals surface area contributed by atoms with Gasteiger partial charge in [-0.15, -0.1) is 0 Å². The summed E-state index contributed by atoms with van der Waals surface area (Å²) in [6.07, 6.45) is 0. The van der Waals surface area contributed by atoms with E-state index in [2.05, 4.69) is 25.8 Å². The number of nitrogens with zero attached hydrogens (tertiary/aromatic N) is 2. The molecule has 86 valence electrons. The number of carbonyl (C=O) groups is 1. The van der Waals surface area contributed by atoms with Gasteiger partial charge in [0.05, 0.1) is 31.0 Å². The molecule has 0 aromatic carbocycles. The van der Waals surface area contributed by atoms with E-state index in [1.165, 1.54) is 0 Å². The number of Topliss-reactive ketones (excluding diaryl/α,β-unsaturated/α-hetero) is 1. The molecule has 0 aromatic rings. The molecule has 4 heteroatoms. The highest BCUT2D eigenvalue weighted by Gasteiger charge is 2.64. The third-order valence-corrected chi connectivity index (χ3v) is 4.24. The van der Waals surface area contributed by atoms with E-state index in [4.69, 9.17) is 0 Å². The summed E-state index contributed by atoms with van der Waals surface area (Å²) in [6.45, 7) is 9.57. The molecule has 0 aromatic heterocycles. The highest BCUT2D eigenvalue weighted by atomic mass is 127. The monoisotopic (exact) mass is 322 g/mol. The molecule has 0 spiro atoms. The van der Waals surface area contributed by atoms with Crippen molar-refractivity contribution in [3.05, 3.63) is 0 Å². The number of rotatable bonds is 0. The molecule has 0 amide bonds. The van der Waals surface area contributed by atoms with Crippen molar-refractivity contribution in [3.63, 3.8) is 0 Å². The van der Waals surface area contributed by atoms with Gasteiger partial charge in [0.1, 0.15) is 6.67 Å². The van der Waals surface area contributed by atoms with Crippen molar-refractivity contribution in [3.8, 4) is 0 Å². The van der Waals surface area contributed by atoms with Crippen molar-refractivity contribution < 1.29 is 33.3 Å². The summed E-state index contributed by atoms with van der Waals surface area (Å²) in [5.74, 6) is 0.525. The average molecular weight is 322 g/mol. The first-order valence-corrected chi connectivity index (χ1v) is 5.46. The summed E-state index contributed by atoms with van der Waals surface area (Å²) in [5, 5.41) is 0. The lowest BCUT2D eigenvalue weighted by molar-refractivity contribution is -0.946. The molecule has 4 fully saturated rings. The van der Waals surface area contributed by atoms with Crippen LogP contribution in [0.1, 0.15) is 13.8 Å². The second-order valence-corrected chi connectivity index (χ2v) is 6.51. The van der Waals surface area contributed by atoms with Crippen molar-refractivity contribution in [2.75, 3.05) is 39.9 Å². The molecule has 0 radical (unpaired) electrons. The number of piperidine rings is 2. The van der Waals surface area contributed by atoms with Crippen LogP contribution in [0, 0.1) is 10.8 Å². The molecule has 0 saturated carbocycles. The van der Waals surface area contributed by atoms with Crippen molar-refractivity contribution in [2.24, 2.45) is 10.8 Å². The number of hydrogen-bond donors (Lipinski definition) is 0. The Hall–Kier alpha value is 0.320. The third kappa shape index (κ3) is 1.41. The molecular weight excluding hydrogens is 303 g/mol. The molecule has 4 aliphatic heterocycles. The maximum absolute atomic E-state index is 12.3. The van der Waals surface area contributed by atoms with E-state index in [0.29, 0.717) is 5.78 Å². The minimum absolute atomic E-state index is 0. The van der Waals surface area contributed by atoms with Crippen molar-refractivity contribution in [1.82, 2.24) is 4.90 Å². The van der Waals surface area contributed by atoms with Crippen LogP contribution in [0.25, 0.3) is 0 Å². The van der Waals surface area contributed by atoms with Gasteiger partial charge >= 0.3 is 0 Å². The quantitative estimate of drug-likeness (QED) is 0.358. The fraction of sp³-hybridized carbons (Fsp3) is 0.909. The fourth-order valence-electron chi connectivity index (χ4n) is 4.58. The molecular formula is C11H19IN2O. The maximum atomic E-state index is 12.3. The Morgan fingerprint density at radius 2 is 1.67 bits per heavy atom. The summed E-state index contributed by atoms with van der Waals surface area (Å²) in [6, 6.07) is 0. The highest BCUT2D eigenvalue weighted by Crippen LogP contribution is 2.48. The second kappa shape index (κ2) is 2.96. The van der Waals surface area contributed by atoms with Crippen molar-refractivity contribution >= 4 is 5.78 Å². The zero-order chi connectivity index (χ0) is 10.2. The third-order valence-electron chi connectivity index (χ3n) is 4.24. The minimum Gasteiger partial charge on any atom is -1.00 e. The largest absolute Gasteiger partial charge is 1.00 e. The van der Waals surface area contributed by atoms with E-state index in [-0.39, 0.29) is 34.8 Å². The minimum atomic E-state index is -0.0573. The summed E-state index contributed by atoms with van der Waals surface area (Å²) >= 11 is 0. The van der Waals surface area contributed by atoms with Crippen LogP contribution in [0.2, 0.25) is 0 Å². The highest BCUT2D eigenvalue weighted by molar-refractivity contribution is 5.92. The van der Waals surface area contributed by atoms with Gasteiger partial charge in [0.15, 0.2) is 5.78 Å². The zero-order valence-electron chi connectivity index (χ0n) is 9.72. The zero-order valence-corrected chi connectivity index (χ0v) is 11.9. The molecule has 4 heterocycles. The molecule has 2 atom stereocenters. The molecule has 0 aliphatic carbocycles. The van der Waals surface area contributed by atoms with E-state index in [1.54, 1.807) is 0 Å². The van der Waals surface area contributed by atoms with Crippen molar-refractivity contribution in [1.29, 1.82) is 0 Å². The Bertz CT molecular complexity index is 309. The van der Waals surface area contributed by atoms with Gasteiger partial charge in [-0.2, -0.15) is 0 Å². The topological polar surface area (TPSA) is 20.3 Å². The second-order valence-electron chi connectivity index (χ2n) is 6.51. The van der Waals surface area contributed by atoms with Gasteiger partial charge in [-0.25, -0.2) is 0 Å². The molecule has 2 unspecified atom stereocenters. The predicted molar refractivity (Wildman–Crippen MR) is 53.6 cm³/mol. The van der Waals surface area contributed by atoms with Crippen LogP contribution in [0.5, 0.6) is 0 Å². The smallest absolute Gasteiger partial charge is 0.158 e. The molecule has 4 saturated heterocycles. The van der Waals surface area contributed by atoms with E-state index in [9.17, 15) is 4.79 Å². The molecule has 3 nitrogen and oxygen atoms in total. The van der Waals surface area contributed by atoms with Gasteiger partial charge in [0.2, 0.25) is 0 Å². The first kappa shape index (κ1) is 11.8. The normalized spacial score (nSPS) is 56.7. The first-order chi connectivity index (χ1) is 6.35. The number of hydrogen-bond acceptors (Lipinski definition) is 2. The Labute approximate surface area is 108 Å². The average Bonchev–Trinajstić information content (AvgIpc) is 1.95. The fourth-order valence-corrected chi connectivity index (χ4v) is 4.58. The van der Waals surface area contributed by atoms with Crippen LogP contribution in [-0.2, 0) is 4.79 Å². The van der Waals surface area contributed by atoms with E-state index in [1.807, 2.05) is 0 Å². The number of ketones is 1. The molecule has 4 bridgehead atoms. The molecule has 0 N–H and O–H groups in total. The van der Waals surface area contributed by atoms with Crippen molar-refractivity contribution in [2.45, 2.75) is 13.8 Å². The van der Waals surface area contributed by atoms with Crippen LogP contribution in [0.15, 0.2) is 0 Å². The molecule has 15 heavy (non-hydrogen) atoms. The van der Waals surface area contributed by atoms with Crippen LogP contribution < -0.4 is 24.0 Å². The summed E-state index contributed by atoms with van der Waals surface area (Å²) < 4.78 is 1.08. The Balaban J connectivity index is 0.000000853. The van der Waals surface area contributed by atoms with E-state index in [0.717, 1.165) is 37.3 Å². The number of halogens is 1. The lowest BCUT2D eigenvalue weighted by Crippen LogP contribution is -3.00. The summed E-state index contributed by atoms with van der Waals surface area (Å²) in [5.41, 5.74) is -0.115. The Kier molecular flexibility index (Phi) is 2.32. The molecule has 4 rings (SSSR count). The van der Waals surface area contributed by atoms with Gasteiger partial charge in [0.25, 0.3) is 0 Å². The molecule has 4 aliphatic rings. The SMILES string of the molecule is CC12CN3CC(C)(C[N+](C)(C3)C1)C2=O.[I-]. The van der Waals surface area contributed by atoms with Gasteiger partial charge in [-0.3, -0.25) is 9.69 Å². The van der Waals surface area contributed by atoms with Gasteiger partial charge in [0, 0.05) is 13.1 Å². The van der Waals surface area contributed by atoms with Crippen LogP contribution >= 0.6 is 0 Å². The van der Waals surface area contributed by atoms with Crippen LogP contribution in [0.3, 0.4) is 0 Å². The van der Waals surface area contributed by atoms with Gasteiger partial charge in [-0.1, -0.05) is 0 Å². The summed E-state index contributed by atoms with van der Waals surface area (Å²) in [4.78, 5) is 14.8. The van der Waals surface area contributed by atoms with Gasteiger partial charge < -0.3 is 28.5 Å². The number of quaternary nitrogens is 1. The standard InChI is InChI=1S/C11H19N2O.HI/c1-10-4-12-5-11(2,9(10)14)7-13(3,6-10)8-12;/h4-8H2,1-3H3;1H/q+1;/p-1. The Morgan fingerprint density at radius 1 is 1.20 bits per heavy atom. The van der Waals surface area contributed by atoms with E-state index < -0.39 is 0 Å². The van der Waals surface area contributed by atoms with E-state index >= 15 is 0 Å². The summed E-state index contributed by atoms with van der Waals surface area (Å²) in [7, 11) is 2.30. The first-order valence-electron chi connectivity index (χ1n) is 5.46. The lowest BCUT2D eigenvalue weighted by atomic mass is 9.62. The van der Waals surface area contributed by atoms with Gasteiger partial charge in [-0.05, 0) is 13.8 Å².